The summed E-state index contributed by atoms with van der Waals surface area (Å²) in [5.74, 6) is 1.50. The Hall–Kier alpha value is -1.16. The number of anilines is 1. The number of pyridine rings is 1. The molecular weight excluding hydrogens is 254 g/mol. The summed E-state index contributed by atoms with van der Waals surface area (Å²) in [6.07, 6.45) is 4.97. The second kappa shape index (κ2) is 8.10. The molecule has 0 aliphatic heterocycles. The Kier molecular flexibility index (Phi) is 6.78. The van der Waals surface area contributed by atoms with E-state index in [4.69, 9.17) is 18.0 Å². The minimum absolute atomic E-state index is 0.400. The normalized spacial score (nSPS) is 12.2. The van der Waals surface area contributed by atoms with Gasteiger partial charge in [0.05, 0.1) is 5.56 Å². The third kappa shape index (κ3) is 5.15. The molecular formula is C15H25N3S. The highest BCUT2D eigenvalue weighted by Gasteiger charge is 2.10. The van der Waals surface area contributed by atoms with Gasteiger partial charge in [-0.25, -0.2) is 4.98 Å². The molecule has 0 bridgehead atoms. The zero-order chi connectivity index (χ0) is 14.3. The van der Waals surface area contributed by atoms with Crippen molar-refractivity contribution in [3.8, 4) is 0 Å². The van der Waals surface area contributed by atoms with Gasteiger partial charge >= 0.3 is 0 Å². The summed E-state index contributed by atoms with van der Waals surface area (Å²) in [5, 5.41) is 3.42. The van der Waals surface area contributed by atoms with Gasteiger partial charge in [0.15, 0.2) is 0 Å². The molecule has 0 amide bonds. The molecule has 0 saturated heterocycles. The largest absolute Gasteiger partial charge is 0.389 e. The summed E-state index contributed by atoms with van der Waals surface area (Å²) in [5.41, 5.74) is 7.55. The molecule has 0 aromatic carbocycles. The highest BCUT2D eigenvalue weighted by atomic mass is 32.1. The van der Waals surface area contributed by atoms with Crippen LogP contribution in [0.1, 0.15) is 50.8 Å². The molecule has 1 aromatic rings. The lowest BCUT2D eigenvalue weighted by Gasteiger charge is -2.17. The summed E-state index contributed by atoms with van der Waals surface area (Å²) in [7, 11) is 0. The molecule has 1 heterocycles. The Labute approximate surface area is 122 Å². The number of nitrogens with two attached hydrogens (primary N) is 1. The summed E-state index contributed by atoms with van der Waals surface area (Å²) >= 11 is 5.07. The van der Waals surface area contributed by atoms with E-state index < -0.39 is 0 Å². The monoisotopic (exact) mass is 279 g/mol. The van der Waals surface area contributed by atoms with Crippen LogP contribution in [0, 0.1) is 12.8 Å². The van der Waals surface area contributed by atoms with Crippen molar-refractivity contribution in [2.75, 3.05) is 11.9 Å². The fourth-order valence-corrected chi connectivity index (χ4v) is 2.24. The average molecular weight is 279 g/mol. The molecule has 3 N–H and O–H groups in total. The molecule has 1 aromatic heterocycles. The fraction of sp³-hybridized carbons (Fsp3) is 0.600. The molecule has 0 spiro atoms. The van der Waals surface area contributed by atoms with Crippen molar-refractivity contribution in [2.45, 2.75) is 46.5 Å². The van der Waals surface area contributed by atoms with E-state index >= 15 is 0 Å². The van der Waals surface area contributed by atoms with Crippen LogP contribution in [-0.2, 0) is 0 Å². The highest BCUT2D eigenvalue weighted by Crippen LogP contribution is 2.17. The zero-order valence-corrected chi connectivity index (χ0v) is 13.0. The number of thiocarbonyl (C=S) groups is 1. The number of hydrogen-bond donors (Lipinski definition) is 2. The number of aromatic nitrogens is 1. The minimum Gasteiger partial charge on any atom is -0.389 e. The Balaban J connectivity index is 2.70. The number of rotatable bonds is 8. The van der Waals surface area contributed by atoms with Crippen molar-refractivity contribution in [3.05, 3.63) is 23.4 Å². The Morgan fingerprint density at radius 1 is 1.42 bits per heavy atom. The lowest BCUT2D eigenvalue weighted by atomic mass is 9.99. The first-order chi connectivity index (χ1) is 9.08. The van der Waals surface area contributed by atoms with E-state index in [1.54, 1.807) is 0 Å². The van der Waals surface area contributed by atoms with E-state index in [0.717, 1.165) is 23.6 Å². The van der Waals surface area contributed by atoms with Gasteiger partial charge in [0.25, 0.3) is 0 Å². The van der Waals surface area contributed by atoms with Gasteiger partial charge in [0.1, 0.15) is 10.8 Å². The van der Waals surface area contributed by atoms with Crippen molar-refractivity contribution in [1.29, 1.82) is 0 Å². The van der Waals surface area contributed by atoms with E-state index in [1.165, 1.54) is 25.7 Å². The first-order valence-electron chi connectivity index (χ1n) is 7.09. The average Bonchev–Trinajstić information content (AvgIpc) is 2.38. The Bertz CT molecular complexity index is 418. The van der Waals surface area contributed by atoms with Gasteiger partial charge in [-0.15, -0.1) is 0 Å². The van der Waals surface area contributed by atoms with Crippen molar-refractivity contribution in [1.82, 2.24) is 4.98 Å². The maximum Gasteiger partial charge on any atom is 0.136 e. The van der Waals surface area contributed by atoms with Crippen molar-refractivity contribution >= 4 is 23.0 Å². The molecule has 1 rings (SSSR count). The van der Waals surface area contributed by atoms with Crippen LogP contribution in [0.3, 0.4) is 0 Å². The molecule has 0 radical (unpaired) electrons. The standard InChI is InChI=1S/C15H25N3S/c1-4-6-7-12(5-2)10-17-15-13(14(16)19)9-8-11(3)18-15/h8-9,12H,4-7,10H2,1-3H3,(H2,16,19)(H,17,18). The summed E-state index contributed by atoms with van der Waals surface area (Å²) in [4.78, 5) is 4.90. The first kappa shape index (κ1) is 15.9. The van der Waals surface area contributed by atoms with E-state index in [0.29, 0.717) is 10.9 Å². The van der Waals surface area contributed by atoms with Gasteiger partial charge in [-0.3, -0.25) is 0 Å². The van der Waals surface area contributed by atoms with Crippen molar-refractivity contribution in [3.63, 3.8) is 0 Å². The number of nitrogens with zero attached hydrogens (tertiary/aromatic N) is 1. The SMILES string of the molecule is CCCCC(CC)CNc1nc(C)ccc1C(N)=S. The van der Waals surface area contributed by atoms with Crippen LogP contribution in [0.4, 0.5) is 5.82 Å². The maximum atomic E-state index is 5.74. The maximum absolute atomic E-state index is 5.74. The first-order valence-corrected chi connectivity index (χ1v) is 7.50. The predicted molar refractivity (Wildman–Crippen MR) is 86.7 cm³/mol. The number of unbranched alkanes of at least 4 members (excludes halogenated alkanes) is 1. The second-order valence-electron chi connectivity index (χ2n) is 5.01. The molecule has 0 aliphatic rings. The lowest BCUT2D eigenvalue weighted by molar-refractivity contribution is 0.472. The van der Waals surface area contributed by atoms with Gasteiger partial charge in [-0.05, 0) is 31.4 Å². The third-order valence-corrected chi connectivity index (χ3v) is 3.62. The highest BCUT2D eigenvalue weighted by molar-refractivity contribution is 7.80. The fourth-order valence-electron chi connectivity index (χ4n) is 2.07. The molecule has 0 aliphatic carbocycles. The topological polar surface area (TPSA) is 50.9 Å². The van der Waals surface area contributed by atoms with Crippen LogP contribution in [0.15, 0.2) is 12.1 Å². The number of hydrogen-bond acceptors (Lipinski definition) is 3. The minimum atomic E-state index is 0.400. The van der Waals surface area contributed by atoms with Crippen LogP contribution in [-0.4, -0.2) is 16.5 Å². The van der Waals surface area contributed by atoms with Crippen molar-refractivity contribution < 1.29 is 0 Å². The van der Waals surface area contributed by atoms with Gasteiger partial charge in [-0.1, -0.05) is 45.3 Å². The molecule has 0 fully saturated rings. The quantitative estimate of drug-likeness (QED) is 0.713. The van der Waals surface area contributed by atoms with Gasteiger partial charge in [0.2, 0.25) is 0 Å². The molecule has 19 heavy (non-hydrogen) atoms. The molecule has 1 atom stereocenters. The van der Waals surface area contributed by atoms with Gasteiger partial charge in [0, 0.05) is 12.2 Å². The van der Waals surface area contributed by atoms with E-state index in [9.17, 15) is 0 Å². The van der Waals surface area contributed by atoms with Gasteiger partial charge < -0.3 is 11.1 Å². The Morgan fingerprint density at radius 3 is 2.74 bits per heavy atom. The van der Waals surface area contributed by atoms with Gasteiger partial charge in [-0.2, -0.15) is 0 Å². The van der Waals surface area contributed by atoms with Crippen molar-refractivity contribution in [2.24, 2.45) is 11.7 Å². The molecule has 0 saturated carbocycles. The molecule has 1 unspecified atom stereocenters. The lowest BCUT2D eigenvalue weighted by Crippen LogP contribution is -2.19. The summed E-state index contributed by atoms with van der Waals surface area (Å²) in [6, 6.07) is 3.88. The van der Waals surface area contributed by atoms with Crippen LogP contribution in [0.25, 0.3) is 0 Å². The van der Waals surface area contributed by atoms with E-state index in [-0.39, 0.29) is 0 Å². The van der Waals surface area contributed by atoms with Crippen LogP contribution < -0.4 is 11.1 Å². The number of aryl methyl sites for hydroxylation is 1. The molecule has 4 heteroatoms. The second-order valence-corrected chi connectivity index (χ2v) is 5.45. The number of nitrogens with one attached hydrogen (secondary N) is 1. The third-order valence-electron chi connectivity index (χ3n) is 3.40. The van der Waals surface area contributed by atoms with Crippen LogP contribution in [0.5, 0.6) is 0 Å². The zero-order valence-electron chi connectivity index (χ0n) is 12.2. The van der Waals surface area contributed by atoms with E-state index in [1.807, 2.05) is 19.1 Å². The Morgan fingerprint density at radius 2 is 2.16 bits per heavy atom. The smallest absolute Gasteiger partial charge is 0.136 e. The van der Waals surface area contributed by atoms with Crippen LogP contribution >= 0.6 is 12.2 Å². The molecule has 3 nitrogen and oxygen atoms in total. The van der Waals surface area contributed by atoms with Crippen LogP contribution in [0.2, 0.25) is 0 Å². The summed E-state index contributed by atoms with van der Waals surface area (Å²) in [6.45, 7) is 7.37. The molecule has 106 valence electrons. The summed E-state index contributed by atoms with van der Waals surface area (Å²) < 4.78 is 0. The van der Waals surface area contributed by atoms with E-state index in [2.05, 4.69) is 24.1 Å². The predicted octanol–water partition coefficient (Wildman–Crippen LogP) is 3.65.